The Labute approximate surface area is 167 Å². The topological polar surface area (TPSA) is 121 Å². The fraction of sp³-hybridized carbons (Fsp3) is 0.154. The van der Waals surface area contributed by atoms with Crippen molar-refractivity contribution in [2.45, 2.75) is 4.90 Å². The summed E-state index contributed by atoms with van der Waals surface area (Å²) in [6.45, 7) is -1.20. The zero-order valence-corrected chi connectivity index (χ0v) is 17.4. The molecule has 1 saturated heterocycles. The van der Waals surface area contributed by atoms with E-state index in [0.29, 0.717) is 10.8 Å². The first-order valence-corrected chi connectivity index (χ1v) is 10.8. The molecule has 0 amide bonds. The van der Waals surface area contributed by atoms with Gasteiger partial charge in [0.2, 0.25) is 0 Å². The second kappa shape index (κ2) is 7.24. The molecule has 1 aliphatic heterocycles. The molecule has 0 unspecified atom stereocenters. The van der Waals surface area contributed by atoms with Gasteiger partial charge in [-0.1, -0.05) is 30.3 Å². The summed E-state index contributed by atoms with van der Waals surface area (Å²) >= 11 is 0. The van der Waals surface area contributed by atoms with Gasteiger partial charge in [-0.15, -0.1) is 0 Å². The second-order valence-electron chi connectivity index (χ2n) is 4.81. The maximum absolute atomic E-state index is 12.7. The van der Waals surface area contributed by atoms with Crippen molar-refractivity contribution in [3.8, 4) is 0 Å². The molecule has 0 N–H and O–H groups in total. The molecule has 0 aliphatic carbocycles. The third-order valence-corrected chi connectivity index (χ3v) is 10.1. The summed E-state index contributed by atoms with van der Waals surface area (Å²) in [5, 5.41) is 1.21. The monoisotopic (exact) mass is 414 g/mol. The molecule has 3 rings (SSSR count). The normalized spacial score (nSPS) is 20.5. The standard InChI is InChI=1S/C13H11O8S3.Na/c14-22(15,12-6-5-10-3-1-2-4-11(10)9-12)13-23(16,17)20-7-8-21-24(13,18)19;/h1-6,9H,7-8H2;/q-1;+1. The predicted octanol–water partition coefficient (Wildman–Crippen LogP) is -2.23. The summed E-state index contributed by atoms with van der Waals surface area (Å²) in [5.74, 6) is 0. The Morgan fingerprint density at radius 2 is 1.36 bits per heavy atom. The van der Waals surface area contributed by atoms with E-state index in [1.807, 2.05) is 0 Å². The summed E-state index contributed by atoms with van der Waals surface area (Å²) < 4.78 is 80.3. The Morgan fingerprint density at radius 3 is 1.92 bits per heavy atom. The van der Waals surface area contributed by atoms with Gasteiger partial charge in [0.05, 0.1) is 27.0 Å². The van der Waals surface area contributed by atoms with Crippen molar-refractivity contribution in [1.82, 2.24) is 0 Å². The number of benzene rings is 2. The van der Waals surface area contributed by atoms with Gasteiger partial charge in [-0.25, -0.2) is 16.8 Å². The van der Waals surface area contributed by atoms with E-state index >= 15 is 0 Å². The molecule has 130 valence electrons. The van der Waals surface area contributed by atoms with Crippen LogP contribution in [0.15, 0.2) is 47.4 Å². The first-order chi connectivity index (χ1) is 11.1. The summed E-state index contributed by atoms with van der Waals surface area (Å²) in [5.41, 5.74) is 0. The van der Waals surface area contributed by atoms with E-state index in [2.05, 4.69) is 8.37 Å². The van der Waals surface area contributed by atoms with Crippen LogP contribution in [-0.2, 0) is 38.4 Å². The van der Waals surface area contributed by atoms with E-state index in [9.17, 15) is 25.3 Å². The number of hydrogen-bond acceptors (Lipinski definition) is 8. The summed E-state index contributed by atoms with van der Waals surface area (Å²) in [4.78, 5) is -0.488. The van der Waals surface area contributed by atoms with E-state index in [4.69, 9.17) is 0 Å². The molecule has 1 heterocycles. The molecule has 0 saturated carbocycles. The maximum atomic E-state index is 12.7. The second-order valence-corrected chi connectivity index (χ2v) is 10.6. The Hall–Kier alpha value is -0.530. The smallest absolute Gasteiger partial charge is 0.290 e. The molecule has 0 bridgehead atoms. The number of fused-ring (bicyclic) bond motifs is 1. The van der Waals surface area contributed by atoms with Gasteiger partial charge in [-0.2, -0.15) is 0 Å². The van der Waals surface area contributed by atoms with Crippen LogP contribution in [0.4, 0.5) is 0 Å². The fourth-order valence-electron chi connectivity index (χ4n) is 2.21. The number of sulfone groups is 1. The van der Waals surface area contributed by atoms with E-state index in [1.54, 1.807) is 24.3 Å². The summed E-state index contributed by atoms with van der Waals surface area (Å²) in [6.07, 6.45) is 0. The van der Waals surface area contributed by atoms with Gasteiger partial charge < -0.3 is 0 Å². The Bertz CT molecular complexity index is 1070. The van der Waals surface area contributed by atoms with Crippen LogP contribution in [0.1, 0.15) is 0 Å². The minimum Gasteiger partial charge on any atom is -0.290 e. The van der Waals surface area contributed by atoms with Crippen LogP contribution < -0.4 is 29.6 Å². The average Bonchev–Trinajstić information content (AvgIpc) is 2.61. The van der Waals surface area contributed by atoms with Crippen LogP contribution >= 0.6 is 0 Å². The van der Waals surface area contributed by atoms with Crippen molar-refractivity contribution in [2.75, 3.05) is 13.2 Å². The number of hydrogen-bond donors (Lipinski definition) is 0. The summed E-state index contributed by atoms with van der Waals surface area (Å²) in [7, 11) is -14.9. The van der Waals surface area contributed by atoms with Gasteiger partial charge in [0.1, 0.15) is 0 Å². The molecule has 2 aromatic rings. The van der Waals surface area contributed by atoms with Crippen LogP contribution in [0.25, 0.3) is 10.8 Å². The molecule has 0 atom stereocenters. The fourth-order valence-corrected chi connectivity index (χ4v) is 8.00. The van der Waals surface area contributed by atoms with Gasteiger partial charge in [0.15, 0.2) is 20.2 Å². The quantitative estimate of drug-likeness (QED) is 0.308. The van der Waals surface area contributed by atoms with E-state index in [0.717, 1.165) is 6.07 Å². The van der Waals surface area contributed by atoms with Gasteiger partial charge in [-0.05, 0) is 22.9 Å². The molecule has 25 heavy (non-hydrogen) atoms. The van der Waals surface area contributed by atoms with Crippen molar-refractivity contribution >= 4 is 40.8 Å². The Morgan fingerprint density at radius 1 is 0.840 bits per heavy atom. The SMILES string of the molecule is O=S1(=O)OCCOS(=O)(=O)[C-]1S(=O)(=O)c1ccc2ccccc2c1.[Na+]. The van der Waals surface area contributed by atoms with Gasteiger partial charge in [-0.3, -0.25) is 16.8 Å². The van der Waals surface area contributed by atoms with Crippen molar-refractivity contribution in [1.29, 1.82) is 0 Å². The van der Waals surface area contributed by atoms with Crippen LogP contribution in [0.2, 0.25) is 0 Å². The Kier molecular flexibility index (Phi) is 6.01. The first-order valence-electron chi connectivity index (χ1n) is 6.54. The molecule has 1 fully saturated rings. The zero-order chi connectivity index (χ0) is 17.6. The molecule has 0 spiro atoms. The summed E-state index contributed by atoms with van der Waals surface area (Å²) in [6, 6.07) is 10.5. The van der Waals surface area contributed by atoms with Crippen LogP contribution in [0, 0.1) is 3.91 Å². The van der Waals surface area contributed by atoms with E-state index < -0.39 is 52.1 Å². The third kappa shape index (κ3) is 3.93. The van der Waals surface area contributed by atoms with Gasteiger partial charge in [0.25, 0.3) is 0 Å². The van der Waals surface area contributed by atoms with Gasteiger partial charge in [0, 0.05) is 4.90 Å². The van der Waals surface area contributed by atoms with Crippen molar-refractivity contribution in [3.63, 3.8) is 0 Å². The average molecular weight is 414 g/mol. The maximum Gasteiger partial charge on any atom is 1.00 e. The third-order valence-electron chi connectivity index (χ3n) is 3.22. The zero-order valence-electron chi connectivity index (χ0n) is 12.9. The molecule has 12 heteroatoms. The minimum absolute atomic E-state index is 0. The van der Waals surface area contributed by atoms with Crippen molar-refractivity contribution < 1.29 is 63.2 Å². The van der Waals surface area contributed by atoms with Gasteiger partial charge >= 0.3 is 29.6 Å². The van der Waals surface area contributed by atoms with Crippen molar-refractivity contribution in [2.24, 2.45) is 0 Å². The Balaban J connectivity index is 0.00000225. The van der Waals surface area contributed by atoms with E-state index in [1.165, 1.54) is 12.1 Å². The first kappa shape index (κ1) is 20.8. The molecule has 1 aliphatic rings. The number of rotatable bonds is 2. The molecule has 8 nitrogen and oxygen atoms in total. The van der Waals surface area contributed by atoms with Crippen molar-refractivity contribution in [3.05, 3.63) is 46.4 Å². The van der Waals surface area contributed by atoms with E-state index in [-0.39, 0.29) is 29.6 Å². The van der Waals surface area contributed by atoms with Crippen LogP contribution in [0.3, 0.4) is 0 Å². The molecule has 2 aromatic carbocycles. The molecular formula is C13H11NaO8S3. The largest absolute Gasteiger partial charge is 1.00 e. The van der Waals surface area contributed by atoms with Crippen LogP contribution in [0.5, 0.6) is 0 Å². The van der Waals surface area contributed by atoms with Crippen LogP contribution in [-0.4, -0.2) is 38.5 Å². The molecular weight excluding hydrogens is 403 g/mol. The minimum atomic E-state index is -5.01. The molecule has 0 aromatic heterocycles. The molecule has 0 radical (unpaired) electrons. The predicted molar refractivity (Wildman–Crippen MR) is 84.1 cm³/mol.